The summed E-state index contributed by atoms with van der Waals surface area (Å²) in [6, 6.07) is 24.9. The predicted molar refractivity (Wildman–Crippen MR) is 186 cm³/mol. The van der Waals surface area contributed by atoms with E-state index in [0.717, 1.165) is 49.0 Å². The van der Waals surface area contributed by atoms with Crippen LogP contribution in [0.15, 0.2) is 103 Å². The van der Waals surface area contributed by atoms with Crippen molar-refractivity contribution in [1.29, 1.82) is 5.41 Å². The third kappa shape index (κ3) is 5.88. The number of imide groups is 1. The number of rotatable bonds is 10. The molecule has 0 saturated carbocycles. The van der Waals surface area contributed by atoms with Gasteiger partial charge in [-0.05, 0) is 59.3 Å². The molecule has 0 atom stereocenters. The van der Waals surface area contributed by atoms with E-state index < -0.39 is 20.1 Å². The molecule has 2 aliphatic heterocycles. The van der Waals surface area contributed by atoms with Crippen molar-refractivity contribution < 1.29 is 14.0 Å². The standard InChI is InChI=1S/C37H41N5O3Si/c1-37(2,3)46(27-15-6-4-7-16-27,28-17-8-5-9-18-28)45-23-13-22-42-25-30(29-19-12-21-40-34(29)42)32-33(36(44)41-35(32)43)31(38)24-26-14-10-11-20-39-26/h4-9,12,15-19,21,24-25,38-39H,10-11,13-14,20,22-23H2,1-3H3,(H,41,43,44)/b26-24-,38-31?. The van der Waals surface area contributed by atoms with Gasteiger partial charge in [0.1, 0.15) is 5.65 Å². The van der Waals surface area contributed by atoms with Crippen molar-refractivity contribution in [2.75, 3.05) is 13.2 Å². The molecular formula is C37H41N5O3Si. The maximum atomic E-state index is 13.2. The molecule has 0 spiro atoms. The first-order chi connectivity index (χ1) is 22.2. The first-order valence-electron chi connectivity index (χ1n) is 16.0. The highest BCUT2D eigenvalue weighted by molar-refractivity contribution is 6.99. The molecule has 3 N–H and O–H groups in total. The van der Waals surface area contributed by atoms with Crippen molar-refractivity contribution in [2.24, 2.45) is 0 Å². The first kappa shape index (κ1) is 31.4. The highest BCUT2D eigenvalue weighted by atomic mass is 28.4. The van der Waals surface area contributed by atoms with Gasteiger partial charge in [-0.15, -0.1) is 0 Å². The maximum absolute atomic E-state index is 13.2. The summed E-state index contributed by atoms with van der Waals surface area (Å²) in [6.07, 6.45) is 8.96. The Hall–Kier alpha value is -4.60. The average molecular weight is 632 g/mol. The van der Waals surface area contributed by atoms with Gasteiger partial charge in [0.2, 0.25) is 0 Å². The van der Waals surface area contributed by atoms with E-state index in [9.17, 15) is 9.59 Å². The van der Waals surface area contributed by atoms with Crippen molar-refractivity contribution in [3.8, 4) is 0 Å². The lowest BCUT2D eigenvalue weighted by Crippen LogP contribution is -2.66. The van der Waals surface area contributed by atoms with Crippen molar-refractivity contribution >= 4 is 52.8 Å². The second kappa shape index (κ2) is 13.0. The molecule has 9 heteroatoms. The molecule has 4 heterocycles. The van der Waals surface area contributed by atoms with E-state index in [4.69, 9.17) is 9.84 Å². The summed E-state index contributed by atoms with van der Waals surface area (Å²) in [4.78, 5) is 30.9. The molecule has 2 amide bonds. The normalized spacial score (nSPS) is 16.6. The van der Waals surface area contributed by atoms with E-state index in [1.807, 2.05) is 35.0 Å². The fraction of sp³-hybridized carbons (Fsp3) is 0.297. The van der Waals surface area contributed by atoms with Gasteiger partial charge in [0.25, 0.3) is 20.1 Å². The van der Waals surface area contributed by atoms with Gasteiger partial charge in [0.15, 0.2) is 0 Å². The molecule has 0 unspecified atom stereocenters. The van der Waals surface area contributed by atoms with Crippen molar-refractivity contribution in [2.45, 2.75) is 58.0 Å². The summed E-state index contributed by atoms with van der Waals surface area (Å²) in [7, 11) is -2.67. The number of hydrogen-bond acceptors (Lipinski definition) is 6. The zero-order chi connectivity index (χ0) is 32.3. The van der Waals surface area contributed by atoms with Crippen LogP contribution < -0.4 is 21.0 Å². The predicted octanol–water partition coefficient (Wildman–Crippen LogP) is 5.09. The maximum Gasteiger partial charge on any atom is 0.261 e. The van der Waals surface area contributed by atoms with E-state index in [2.05, 4.69) is 84.9 Å². The van der Waals surface area contributed by atoms with Crippen LogP contribution in [0.3, 0.4) is 0 Å². The van der Waals surface area contributed by atoms with Gasteiger partial charge in [-0.3, -0.25) is 20.3 Å². The number of piperidine rings is 1. The van der Waals surface area contributed by atoms with Crippen LogP contribution in [0.2, 0.25) is 5.04 Å². The van der Waals surface area contributed by atoms with Crippen molar-refractivity contribution in [3.05, 3.63) is 108 Å². The number of allylic oxidation sites excluding steroid dienone is 2. The third-order valence-electron chi connectivity index (χ3n) is 8.93. The summed E-state index contributed by atoms with van der Waals surface area (Å²) in [5.74, 6) is -1.03. The minimum Gasteiger partial charge on any atom is -0.407 e. The molecular weight excluding hydrogens is 591 g/mol. The second-order valence-electron chi connectivity index (χ2n) is 13.0. The topological polar surface area (TPSA) is 109 Å². The SMILES string of the molecule is CC(C)(C)[Si](OCCCn1cc(C2=C(C(=N)/C=C3/CCCCN3)C(=O)NC2=O)c2cccnc21)(c1ccccc1)c1ccccc1. The molecule has 0 aliphatic carbocycles. The van der Waals surface area contributed by atoms with E-state index in [1.54, 1.807) is 12.3 Å². The molecule has 1 saturated heterocycles. The third-order valence-corrected chi connectivity index (χ3v) is 14.0. The molecule has 0 bridgehead atoms. The minimum absolute atomic E-state index is 0.0336. The number of benzene rings is 2. The Bertz CT molecular complexity index is 1790. The fourth-order valence-corrected chi connectivity index (χ4v) is 11.4. The Balaban J connectivity index is 1.31. The summed E-state index contributed by atoms with van der Waals surface area (Å²) in [5, 5.41) is 17.7. The summed E-state index contributed by atoms with van der Waals surface area (Å²) < 4.78 is 9.14. The van der Waals surface area contributed by atoms with E-state index >= 15 is 0 Å². The summed E-state index contributed by atoms with van der Waals surface area (Å²) in [6.45, 7) is 8.79. The fourth-order valence-electron chi connectivity index (χ4n) is 6.83. The van der Waals surface area contributed by atoms with Crippen LogP contribution in [0, 0.1) is 5.41 Å². The Labute approximate surface area is 271 Å². The van der Waals surface area contributed by atoms with E-state index in [-0.39, 0.29) is 21.9 Å². The lowest BCUT2D eigenvalue weighted by Gasteiger charge is -2.43. The molecule has 1 fully saturated rings. The first-order valence-corrected chi connectivity index (χ1v) is 17.9. The average Bonchev–Trinajstić information content (AvgIpc) is 3.57. The molecule has 6 rings (SSSR count). The number of amides is 2. The Morgan fingerprint density at radius 3 is 2.30 bits per heavy atom. The zero-order valence-corrected chi connectivity index (χ0v) is 27.7. The van der Waals surface area contributed by atoms with E-state index in [1.165, 1.54) is 10.4 Å². The largest absolute Gasteiger partial charge is 0.407 e. The molecule has 4 aromatic rings. The van der Waals surface area contributed by atoms with Crippen LogP contribution >= 0.6 is 0 Å². The highest BCUT2D eigenvalue weighted by Crippen LogP contribution is 2.37. The van der Waals surface area contributed by atoms with Gasteiger partial charge >= 0.3 is 0 Å². The Kier molecular flexibility index (Phi) is 8.88. The number of carbonyl (C=O) groups excluding carboxylic acids is 2. The second-order valence-corrected chi connectivity index (χ2v) is 17.3. The molecule has 2 aliphatic rings. The van der Waals surface area contributed by atoms with E-state index in [0.29, 0.717) is 18.7 Å². The minimum atomic E-state index is -2.67. The number of fused-ring (bicyclic) bond motifs is 1. The Morgan fingerprint density at radius 1 is 0.978 bits per heavy atom. The molecule has 46 heavy (non-hydrogen) atoms. The summed E-state index contributed by atoms with van der Waals surface area (Å²) >= 11 is 0. The number of hydrogen-bond donors (Lipinski definition) is 3. The number of nitrogens with one attached hydrogen (secondary N) is 3. The smallest absolute Gasteiger partial charge is 0.261 e. The number of aromatic nitrogens is 2. The van der Waals surface area contributed by atoms with Crippen molar-refractivity contribution in [3.63, 3.8) is 0 Å². The van der Waals surface area contributed by atoms with Gasteiger partial charge < -0.3 is 14.3 Å². The van der Waals surface area contributed by atoms with Crippen LogP contribution in [-0.4, -0.2) is 48.5 Å². The number of nitrogens with zero attached hydrogens (tertiary/aromatic N) is 2. The number of pyridine rings is 1. The Morgan fingerprint density at radius 2 is 1.67 bits per heavy atom. The number of carbonyl (C=O) groups is 2. The van der Waals surface area contributed by atoms with Gasteiger partial charge in [-0.1, -0.05) is 81.4 Å². The van der Waals surface area contributed by atoms with Crippen LogP contribution in [0.1, 0.15) is 52.0 Å². The lowest BCUT2D eigenvalue weighted by molar-refractivity contribution is -0.123. The van der Waals surface area contributed by atoms with Gasteiger partial charge in [-0.25, -0.2) is 4.98 Å². The van der Waals surface area contributed by atoms with Gasteiger partial charge in [0, 0.05) is 48.7 Å². The quantitative estimate of drug-likeness (QED) is 0.0978. The molecule has 8 nitrogen and oxygen atoms in total. The highest BCUT2D eigenvalue weighted by Gasteiger charge is 2.50. The van der Waals surface area contributed by atoms with Gasteiger partial charge in [-0.2, -0.15) is 0 Å². The zero-order valence-electron chi connectivity index (χ0n) is 26.7. The van der Waals surface area contributed by atoms with Crippen LogP contribution in [-0.2, 0) is 20.6 Å². The molecule has 0 radical (unpaired) electrons. The summed E-state index contributed by atoms with van der Waals surface area (Å²) in [5.41, 5.74) is 2.60. The lowest BCUT2D eigenvalue weighted by atomic mass is 9.97. The van der Waals surface area contributed by atoms with Crippen LogP contribution in [0.4, 0.5) is 0 Å². The van der Waals surface area contributed by atoms with Crippen LogP contribution in [0.25, 0.3) is 16.6 Å². The molecule has 2 aromatic heterocycles. The van der Waals surface area contributed by atoms with Crippen LogP contribution in [0.5, 0.6) is 0 Å². The monoisotopic (exact) mass is 631 g/mol. The van der Waals surface area contributed by atoms with Crippen molar-refractivity contribution in [1.82, 2.24) is 20.2 Å². The van der Waals surface area contributed by atoms with Gasteiger partial charge in [0.05, 0.1) is 16.9 Å². The molecule has 236 valence electrons. The number of aryl methyl sites for hydroxylation is 1. The molecule has 2 aromatic carbocycles.